The number of benzene rings is 1. The Morgan fingerprint density at radius 2 is 2.15 bits per heavy atom. The first kappa shape index (κ1) is 14.3. The largest absolute Gasteiger partial charge is 0.459 e. The fourth-order valence-electron chi connectivity index (χ4n) is 1.96. The monoisotopic (exact) mass is 272 g/mol. The zero-order valence-corrected chi connectivity index (χ0v) is 11.9. The van der Waals surface area contributed by atoms with E-state index in [2.05, 4.69) is 17.6 Å². The minimum absolute atomic E-state index is 0.217. The molecule has 0 radical (unpaired) electrons. The van der Waals surface area contributed by atoms with Crippen LogP contribution in [0.25, 0.3) is 0 Å². The molecule has 0 unspecified atom stereocenters. The minimum Gasteiger partial charge on any atom is -0.459 e. The number of carbonyl (C=O) groups is 1. The van der Waals surface area contributed by atoms with E-state index in [1.165, 1.54) is 6.26 Å². The lowest BCUT2D eigenvalue weighted by atomic mass is 10.2. The van der Waals surface area contributed by atoms with Crippen molar-refractivity contribution in [2.45, 2.75) is 26.8 Å². The molecule has 1 aromatic heterocycles. The second-order valence-corrected chi connectivity index (χ2v) is 4.76. The fourth-order valence-corrected chi connectivity index (χ4v) is 1.96. The summed E-state index contributed by atoms with van der Waals surface area (Å²) in [5.41, 5.74) is 2.76. The first-order valence-electron chi connectivity index (χ1n) is 6.86. The van der Waals surface area contributed by atoms with Crippen molar-refractivity contribution >= 4 is 11.6 Å². The summed E-state index contributed by atoms with van der Waals surface area (Å²) in [7, 11) is 0. The molecule has 0 atom stereocenters. The highest BCUT2D eigenvalue weighted by Crippen LogP contribution is 2.14. The topological polar surface area (TPSA) is 54.3 Å². The highest BCUT2D eigenvalue weighted by molar-refractivity contribution is 6.03. The van der Waals surface area contributed by atoms with Gasteiger partial charge in [-0.05, 0) is 43.7 Å². The van der Waals surface area contributed by atoms with E-state index in [1.807, 2.05) is 31.2 Å². The Morgan fingerprint density at radius 3 is 2.85 bits per heavy atom. The molecule has 1 aromatic carbocycles. The minimum atomic E-state index is -0.217. The molecule has 0 fully saturated rings. The van der Waals surface area contributed by atoms with Crippen LogP contribution in [-0.4, -0.2) is 12.5 Å². The van der Waals surface area contributed by atoms with E-state index in [9.17, 15) is 4.79 Å². The molecule has 2 aromatic rings. The number of furan rings is 1. The van der Waals surface area contributed by atoms with Crippen LogP contribution >= 0.6 is 0 Å². The summed E-state index contributed by atoms with van der Waals surface area (Å²) < 4.78 is 5.18. The van der Waals surface area contributed by atoms with Gasteiger partial charge in [0.1, 0.15) is 0 Å². The lowest BCUT2D eigenvalue weighted by Crippen LogP contribution is -2.15. The highest BCUT2D eigenvalue weighted by atomic mass is 16.3. The number of anilines is 1. The van der Waals surface area contributed by atoms with Crippen LogP contribution in [0.2, 0.25) is 0 Å². The Morgan fingerprint density at radius 1 is 1.30 bits per heavy atom. The van der Waals surface area contributed by atoms with E-state index in [-0.39, 0.29) is 5.91 Å². The van der Waals surface area contributed by atoms with Gasteiger partial charge in [0.05, 0.1) is 6.26 Å². The summed E-state index contributed by atoms with van der Waals surface area (Å²) in [6.45, 7) is 5.78. The third-order valence-corrected chi connectivity index (χ3v) is 3.01. The Balaban J connectivity index is 2.01. The number of carbonyl (C=O) groups excluding carboxylic acids is 1. The first-order valence-corrected chi connectivity index (χ1v) is 6.86. The second-order valence-electron chi connectivity index (χ2n) is 4.76. The van der Waals surface area contributed by atoms with E-state index < -0.39 is 0 Å². The molecule has 2 N–H and O–H groups in total. The SMILES string of the molecule is CCCNCc1cccc(NC(=O)c2occc2C)c1. The Labute approximate surface area is 119 Å². The smallest absolute Gasteiger partial charge is 0.291 e. The highest BCUT2D eigenvalue weighted by Gasteiger charge is 2.12. The average molecular weight is 272 g/mol. The third kappa shape index (κ3) is 3.71. The average Bonchev–Trinajstić information content (AvgIpc) is 2.86. The van der Waals surface area contributed by atoms with Crippen molar-refractivity contribution in [1.29, 1.82) is 0 Å². The maximum Gasteiger partial charge on any atom is 0.291 e. The van der Waals surface area contributed by atoms with Gasteiger partial charge in [-0.15, -0.1) is 0 Å². The van der Waals surface area contributed by atoms with E-state index in [0.717, 1.165) is 36.3 Å². The van der Waals surface area contributed by atoms with Gasteiger partial charge >= 0.3 is 0 Å². The summed E-state index contributed by atoms with van der Waals surface area (Å²) in [5.74, 6) is 0.144. The Bertz CT molecular complexity index is 575. The molecule has 1 amide bonds. The van der Waals surface area contributed by atoms with Gasteiger partial charge in [0.25, 0.3) is 5.91 Å². The van der Waals surface area contributed by atoms with Gasteiger partial charge in [0.15, 0.2) is 5.76 Å². The third-order valence-electron chi connectivity index (χ3n) is 3.01. The van der Waals surface area contributed by atoms with Crippen molar-refractivity contribution in [2.24, 2.45) is 0 Å². The van der Waals surface area contributed by atoms with E-state index in [1.54, 1.807) is 6.07 Å². The summed E-state index contributed by atoms with van der Waals surface area (Å²) >= 11 is 0. The standard InChI is InChI=1S/C16H20N2O2/c1-3-8-17-11-13-5-4-6-14(10-13)18-16(19)15-12(2)7-9-20-15/h4-7,9-10,17H,3,8,11H2,1-2H3,(H,18,19). The molecule has 4 nitrogen and oxygen atoms in total. The summed E-state index contributed by atoms with van der Waals surface area (Å²) in [6, 6.07) is 9.60. The van der Waals surface area contributed by atoms with Gasteiger partial charge in [-0.3, -0.25) is 4.79 Å². The van der Waals surface area contributed by atoms with Crippen molar-refractivity contribution in [1.82, 2.24) is 5.32 Å². The molecule has 0 aliphatic heterocycles. The summed E-state index contributed by atoms with van der Waals surface area (Å²) in [6.07, 6.45) is 2.63. The molecule has 2 rings (SSSR count). The summed E-state index contributed by atoms with van der Waals surface area (Å²) in [5, 5.41) is 6.19. The zero-order chi connectivity index (χ0) is 14.4. The molecule has 0 aliphatic rings. The Kier molecular flexibility index (Phi) is 4.96. The number of nitrogens with one attached hydrogen (secondary N) is 2. The van der Waals surface area contributed by atoms with Crippen molar-refractivity contribution in [2.75, 3.05) is 11.9 Å². The maximum atomic E-state index is 12.0. The Hall–Kier alpha value is -2.07. The van der Waals surface area contributed by atoms with Crippen LogP contribution in [0.5, 0.6) is 0 Å². The van der Waals surface area contributed by atoms with Crippen LogP contribution < -0.4 is 10.6 Å². The number of rotatable bonds is 6. The zero-order valence-electron chi connectivity index (χ0n) is 11.9. The molecule has 0 aliphatic carbocycles. The molecular formula is C16H20N2O2. The van der Waals surface area contributed by atoms with Gasteiger partial charge in [0.2, 0.25) is 0 Å². The summed E-state index contributed by atoms with van der Waals surface area (Å²) in [4.78, 5) is 12.0. The van der Waals surface area contributed by atoms with Crippen LogP contribution in [0.4, 0.5) is 5.69 Å². The van der Waals surface area contributed by atoms with Crippen molar-refractivity contribution in [3.63, 3.8) is 0 Å². The molecule has 1 heterocycles. The molecule has 0 bridgehead atoms. The molecule has 4 heteroatoms. The van der Waals surface area contributed by atoms with Crippen LogP contribution in [0.15, 0.2) is 41.0 Å². The molecule has 0 spiro atoms. The number of aryl methyl sites for hydroxylation is 1. The lowest BCUT2D eigenvalue weighted by Gasteiger charge is -2.07. The quantitative estimate of drug-likeness (QED) is 0.793. The normalized spacial score (nSPS) is 10.5. The van der Waals surface area contributed by atoms with Crippen LogP contribution in [0.1, 0.15) is 35.0 Å². The van der Waals surface area contributed by atoms with E-state index in [0.29, 0.717) is 5.76 Å². The van der Waals surface area contributed by atoms with Gasteiger partial charge in [-0.1, -0.05) is 19.1 Å². The predicted octanol–water partition coefficient (Wildman–Crippen LogP) is 3.34. The van der Waals surface area contributed by atoms with Crippen molar-refractivity contribution in [3.05, 3.63) is 53.5 Å². The maximum absolute atomic E-state index is 12.0. The molecule has 106 valence electrons. The number of hydrogen-bond donors (Lipinski definition) is 2. The molecule has 0 saturated carbocycles. The van der Waals surface area contributed by atoms with Crippen molar-refractivity contribution in [3.8, 4) is 0 Å². The predicted molar refractivity (Wildman–Crippen MR) is 79.8 cm³/mol. The van der Waals surface area contributed by atoms with E-state index in [4.69, 9.17) is 4.42 Å². The molecule has 0 saturated heterocycles. The lowest BCUT2D eigenvalue weighted by molar-refractivity contribution is 0.0996. The van der Waals surface area contributed by atoms with Crippen LogP contribution in [-0.2, 0) is 6.54 Å². The van der Waals surface area contributed by atoms with Crippen LogP contribution in [0.3, 0.4) is 0 Å². The van der Waals surface area contributed by atoms with Crippen LogP contribution in [0, 0.1) is 6.92 Å². The fraction of sp³-hybridized carbons (Fsp3) is 0.312. The first-order chi connectivity index (χ1) is 9.70. The van der Waals surface area contributed by atoms with Gasteiger partial charge in [-0.2, -0.15) is 0 Å². The number of amides is 1. The molecular weight excluding hydrogens is 252 g/mol. The van der Waals surface area contributed by atoms with Gasteiger partial charge < -0.3 is 15.1 Å². The molecule has 20 heavy (non-hydrogen) atoms. The van der Waals surface area contributed by atoms with E-state index >= 15 is 0 Å². The van der Waals surface area contributed by atoms with Crippen molar-refractivity contribution < 1.29 is 9.21 Å². The number of hydrogen-bond acceptors (Lipinski definition) is 3. The van der Waals surface area contributed by atoms with Gasteiger partial charge in [0, 0.05) is 17.8 Å². The van der Waals surface area contributed by atoms with Gasteiger partial charge in [-0.25, -0.2) is 0 Å². The second kappa shape index (κ2) is 6.91.